The van der Waals surface area contributed by atoms with Crippen molar-refractivity contribution < 1.29 is 9.59 Å². The lowest BCUT2D eigenvalue weighted by Gasteiger charge is -2.14. The molecule has 5 nitrogen and oxygen atoms in total. The van der Waals surface area contributed by atoms with Crippen LogP contribution in [0.15, 0.2) is 36.7 Å². The van der Waals surface area contributed by atoms with Gasteiger partial charge in [0.15, 0.2) is 0 Å². The molecule has 2 aromatic rings. The molecule has 0 aliphatic rings. The van der Waals surface area contributed by atoms with Crippen LogP contribution in [-0.2, 0) is 4.79 Å². The molecule has 0 saturated heterocycles. The minimum atomic E-state index is -0.222. The summed E-state index contributed by atoms with van der Waals surface area (Å²) < 4.78 is 0. The summed E-state index contributed by atoms with van der Waals surface area (Å²) in [5.74, 6) is -0.444. The number of thiophene rings is 1. The largest absolute Gasteiger partial charge is 0.348 e. The number of pyridine rings is 1. The molecule has 2 rings (SSSR count). The minimum Gasteiger partial charge on any atom is -0.348 e. The molecular formula is C15H17N3O2S. The van der Waals surface area contributed by atoms with Crippen molar-refractivity contribution in [2.75, 3.05) is 6.54 Å². The smallest absolute Gasteiger partial charge is 0.261 e. The van der Waals surface area contributed by atoms with Gasteiger partial charge in [-0.25, -0.2) is 0 Å². The highest BCUT2D eigenvalue weighted by molar-refractivity contribution is 7.13. The van der Waals surface area contributed by atoms with Crippen LogP contribution in [0, 0.1) is 6.92 Å². The fraction of sp³-hybridized carbons (Fsp3) is 0.267. The van der Waals surface area contributed by atoms with Crippen LogP contribution in [0.2, 0.25) is 0 Å². The van der Waals surface area contributed by atoms with Crippen LogP contribution < -0.4 is 10.6 Å². The van der Waals surface area contributed by atoms with Gasteiger partial charge in [0.2, 0.25) is 5.91 Å². The molecule has 0 aromatic carbocycles. The molecule has 6 heteroatoms. The summed E-state index contributed by atoms with van der Waals surface area (Å²) >= 11 is 1.41. The van der Waals surface area contributed by atoms with E-state index in [1.807, 2.05) is 32.0 Å². The zero-order chi connectivity index (χ0) is 15.2. The number of nitrogens with zero attached hydrogens (tertiary/aromatic N) is 1. The summed E-state index contributed by atoms with van der Waals surface area (Å²) in [5.41, 5.74) is 0.971. The molecule has 21 heavy (non-hydrogen) atoms. The van der Waals surface area contributed by atoms with Crippen LogP contribution in [-0.4, -0.2) is 23.3 Å². The molecule has 2 amide bonds. The lowest BCUT2D eigenvalue weighted by molar-refractivity contribution is -0.120. The molecule has 1 unspecified atom stereocenters. The van der Waals surface area contributed by atoms with E-state index in [0.29, 0.717) is 4.88 Å². The summed E-state index contributed by atoms with van der Waals surface area (Å²) in [6.07, 6.45) is 3.36. The van der Waals surface area contributed by atoms with E-state index in [0.717, 1.165) is 10.4 Å². The lowest BCUT2D eigenvalue weighted by Crippen LogP contribution is -2.37. The van der Waals surface area contributed by atoms with Crippen molar-refractivity contribution in [1.29, 1.82) is 0 Å². The highest BCUT2D eigenvalue weighted by Crippen LogP contribution is 2.14. The second-order valence-electron chi connectivity index (χ2n) is 4.66. The Balaban J connectivity index is 1.81. The van der Waals surface area contributed by atoms with E-state index in [-0.39, 0.29) is 24.4 Å². The van der Waals surface area contributed by atoms with Crippen LogP contribution in [0.1, 0.15) is 33.1 Å². The van der Waals surface area contributed by atoms with Crippen molar-refractivity contribution in [3.63, 3.8) is 0 Å². The predicted molar refractivity (Wildman–Crippen MR) is 82.2 cm³/mol. The van der Waals surface area contributed by atoms with Crippen molar-refractivity contribution in [2.45, 2.75) is 19.9 Å². The summed E-state index contributed by atoms with van der Waals surface area (Å²) in [6.45, 7) is 3.79. The number of rotatable bonds is 5. The molecule has 0 aliphatic carbocycles. The molecule has 0 fully saturated rings. The Hall–Kier alpha value is -2.21. The van der Waals surface area contributed by atoms with Crippen LogP contribution in [0.25, 0.3) is 0 Å². The Morgan fingerprint density at radius 3 is 2.57 bits per heavy atom. The summed E-state index contributed by atoms with van der Waals surface area (Å²) in [4.78, 5) is 29.3. The number of aryl methyl sites for hydroxylation is 1. The number of aromatic nitrogens is 1. The molecule has 110 valence electrons. The highest BCUT2D eigenvalue weighted by Gasteiger charge is 2.12. The number of hydrogen-bond donors (Lipinski definition) is 2. The zero-order valence-corrected chi connectivity index (χ0v) is 12.7. The van der Waals surface area contributed by atoms with Crippen LogP contribution in [0.5, 0.6) is 0 Å². The van der Waals surface area contributed by atoms with Crippen molar-refractivity contribution >= 4 is 23.2 Å². The van der Waals surface area contributed by atoms with Crippen molar-refractivity contribution in [2.24, 2.45) is 0 Å². The van der Waals surface area contributed by atoms with E-state index < -0.39 is 0 Å². The summed E-state index contributed by atoms with van der Waals surface area (Å²) in [6, 6.07) is 7.20. The molecule has 0 bridgehead atoms. The Morgan fingerprint density at radius 1 is 1.24 bits per heavy atom. The van der Waals surface area contributed by atoms with E-state index in [9.17, 15) is 9.59 Å². The Kier molecular flexibility index (Phi) is 5.05. The number of carbonyl (C=O) groups excluding carboxylic acids is 2. The van der Waals surface area contributed by atoms with Gasteiger partial charge in [0.05, 0.1) is 17.5 Å². The van der Waals surface area contributed by atoms with Gasteiger partial charge in [-0.2, -0.15) is 0 Å². The molecule has 0 spiro atoms. The molecular weight excluding hydrogens is 286 g/mol. The molecule has 2 aromatic heterocycles. The van der Waals surface area contributed by atoms with E-state index in [4.69, 9.17) is 0 Å². The van der Waals surface area contributed by atoms with E-state index in [2.05, 4.69) is 15.6 Å². The average molecular weight is 303 g/mol. The van der Waals surface area contributed by atoms with Crippen LogP contribution in [0.3, 0.4) is 0 Å². The molecule has 2 heterocycles. The number of nitrogens with one attached hydrogen (secondary N) is 2. The Morgan fingerprint density at radius 2 is 1.95 bits per heavy atom. The summed E-state index contributed by atoms with van der Waals surface area (Å²) in [7, 11) is 0. The summed E-state index contributed by atoms with van der Waals surface area (Å²) in [5, 5.41) is 5.45. The van der Waals surface area contributed by atoms with Gasteiger partial charge in [-0.3, -0.25) is 14.6 Å². The van der Waals surface area contributed by atoms with Crippen molar-refractivity contribution in [3.8, 4) is 0 Å². The van der Waals surface area contributed by atoms with Crippen molar-refractivity contribution in [1.82, 2.24) is 15.6 Å². The Bertz CT molecular complexity index is 625. The van der Waals surface area contributed by atoms with Gasteiger partial charge in [-0.15, -0.1) is 11.3 Å². The first-order valence-corrected chi connectivity index (χ1v) is 7.42. The topological polar surface area (TPSA) is 71.1 Å². The van der Waals surface area contributed by atoms with Crippen LogP contribution >= 0.6 is 11.3 Å². The zero-order valence-electron chi connectivity index (χ0n) is 11.9. The number of hydrogen-bond acceptors (Lipinski definition) is 4. The second-order valence-corrected chi connectivity index (χ2v) is 5.95. The van der Waals surface area contributed by atoms with Gasteiger partial charge in [0, 0.05) is 17.3 Å². The second kappa shape index (κ2) is 6.99. The Labute approximate surface area is 127 Å². The molecule has 1 atom stereocenters. The lowest BCUT2D eigenvalue weighted by atomic mass is 10.1. The maximum atomic E-state index is 11.8. The van der Waals surface area contributed by atoms with Gasteiger partial charge in [-0.05, 0) is 43.7 Å². The standard InChI is InChI=1S/C15H17N3O2S/c1-10-3-4-13(21-10)15(20)17-9-14(19)18-11(2)12-5-7-16-8-6-12/h3-8,11H,9H2,1-2H3,(H,17,20)(H,18,19). The fourth-order valence-corrected chi connectivity index (χ4v) is 2.62. The first kappa shape index (κ1) is 15.2. The van der Waals surface area contributed by atoms with Gasteiger partial charge >= 0.3 is 0 Å². The van der Waals surface area contributed by atoms with Gasteiger partial charge in [-0.1, -0.05) is 0 Å². The van der Waals surface area contributed by atoms with Crippen molar-refractivity contribution in [3.05, 3.63) is 52.0 Å². The normalized spacial score (nSPS) is 11.7. The molecule has 2 N–H and O–H groups in total. The van der Waals surface area contributed by atoms with Gasteiger partial charge in [0.25, 0.3) is 5.91 Å². The van der Waals surface area contributed by atoms with Crippen LogP contribution in [0.4, 0.5) is 0 Å². The first-order valence-electron chi connectivity index (χ1n) is 6.60. The fourth-order valence-electron chi connectivity index (χ4n) is 1.83. The maximum absolute atomic E-state index is 11.8. The number of carbonyl (C=O) groups is 2. The van der Waals surface area contributed by atoms with Gasteiger partial charge in [0.1, 0.15) is 0 Å². The third-order valence-corrected chi connectivity index (χ3v) is 3.96. The highest BCUT2D eigenvalue weighted by atomic mass is 32.1. The third-order valence-electron chi connectivity index (χ3n) is 2.96. The van der Waals surface area contributed by atoms with E-state index in [1.54, 1.807) is 18.5 Å². The monoisotopic (exact) mass is 303 g/mol. The molecule has 0 saturated carbocycles. The number of amides is 2. The average Bonchev–Trinajstić information content (AvgIpc) is 2.92. The van der Waals surface area contributed by atoms with Gasteiger partial charge < -0.3 is 10.6 Å². The molecule has 0 radical (unpaired) electrons. The molecule has 0 aliphatic heterocycles. The maximum Gasteiger partial charge on any atom is 0.261 e. The van der Waals surface area contributed by atoms with E-state index in [1.165, 1.54) is 11.3 Å². The SMILES string of the molecule is Cc1ccc(C(=O)NCC(=O)NC(C)c2ccncc2)s1. The van der Waals surface area contributed by atoms with E-state index >= 15 is 0 Å². The first-order chi connectivity index (χ1) is 10.1. The quantitative estimate of drug-likeness (QED) is 0.888. The predicted octanol–water partition coefficient (Wildman–Crippen LogP) is 2.06. The third kappa shape index (κ3) is 4.39. The minimum absolute atomic E-state index is 0.0365.